The highest BCUT2D eigenvalue weighted by molar-refractivity contribution is 9.10. The molecule has 1 aromatic rings. The van der Waals surface area contributed by atoms with Crippen molar-refractivity contribution in [2.75, 3.05) is 31.6 Å². The normalized spacial score (nSPS) is 18.3. The molecule has 2 rings (SSSR count). The zero-order chi connectivity index (χ0) is 13.7. The van der Waals surface area contributed by atoms with Crippen LogP contribution in [0.25, 0.3) is 0 Å². The predicted octanol–water partition coefficient (Wildman–Crippen LogP) is 2.04. The molecule has 1 fully saturated rings. The summed E-state index contributed by atoms with van der Waals surface area (Å²) < 4.78 is 6.09. The fourth-order valence-electron chi connectivity index (χ4n) is 2.00. The number of hydrogen-bond donors (Lipinski definition) is 2. The number of rotatable bonds is 5. The van der Waals surface area contributed by atoms with E-state index in [0.29, 0.717) is 23.8 Å². The van der Waals surface area contributed by atoms with Crippen LogP contribution in [0.1, 0.15) is 23.7 Å². The van der Waals surface area contributed by atoms with E-state index in [2.05, 4.69) is 31.5 Å². The number of hydrogen-bond acceptors (Lipinski definition) is 4. The predicted molar refractivity (Wildman–Crippen MR) is 77.4 cm³/mol. The molecule has 1 aliphatic rings. The first-order valence-electron chi connectivity index (χ1n) is 6.46. The third-order valence-electron chi connectivity index (χ3n) is 3.02. The van der Waals surface area contributed by atoms with Gasteiger partial charge in [0.15, 0.2) is 0 Å². The topological polar surface area (TPSA) is 63.2 Å². The molecule has 5 nitrogen and oxygen atoms in total. The number of anilines is 1. The average molecular weight is 328 g/mol. The molecule has 1 amide bonds. The van der Waals surface area contributed by atoms with Crippen molar-refractivity contribution >= 4 is 27.7 Å². The Bertz CT molecular complexity index is 448. The van der Waals surface area contributed by atoms with Crippen molar-refractivity contribution in [1.82, 2.24) is 10.3 Å². The van der Waals surface area contributed by atoms with Gasteiger partial charge in [-0.3, -0.25) is 4.79 Å². The lowest BCUT2D eigenvalue weighted by atomic mass is 10.1. The van der Waals surface area contributed by atoms with E-state index in [9.17, 15) is 4.79 Å². The molecule has 2 heterocycles. The number of nitrogens with zero attached hydrogens (tertiary/aromatic N) is 1. The van der Waals surface area contributed by atoms with E-state index in [0.717, 1.165) is 30.7 Å². The van der Waals surface area contributed by atoms with E-state index < -0.39 is 0 Å². The van der Waals surface area contributed by atoms with Crippen molar-refractivity contribution in [1.29, 1.82) is 0 Å². The van der Waals surface area contributed by atoms with Crippen molar-refractivity contribution in [2.24, 2.45) is 5.92 Å². The molecule has 1 unspecified atom stereocenters. The van der Waals surface area contributed by atoms with Gasteiger partial charge in [0.25, 0.3) is 5.91 Å². The molecule has 0 saturated carbocycles. The molecule has 1 saturated heterocycles. The van der Waals surface area contributed by atoms with Gasteiger partial charge in [0.2, 0.25) is 0 Å². The number of aromatic nitrogens is 1. The molecule has 1 aliphatic heterocycles. The van der Waals surface area contributed by atoms with Gasteiger partial charge in [-0.15, -0.1) is 0 Å². The first kappa shape index (κ1) is 14.3. The van der Waals surface area contributed by atoms with Crippen LogP contribution in [0.5, 0.6) is 0 Å². The molecule has 1 atom stereocenters. The zero-order valence-corrected chi connectivity index (χ0v) is 12.5. The van der Waals surface area contributed by atoms with Crippen LogP contribution in [0.4, 0.5) is 5.82 Å². The second-order valence-electron chi connectivity index (χ2n) is 4.52. The molecule has 0 aromatic carbocycles. The molecule has 6 heteroatoms. The van der Waals surface area contributed by atoms with Crippen LogP contribution in [0.3, 0.4) is 0 Å². The van der Waals surface area contributed by atoms with Crippen LogP contribution in [-0.4, -0.2) is 37.2 Å². The first-order chi connectivity index (χ1) is 9.20. The minimum Gasteiger partial charge on any atom is -0.381 e. The summed E-state index contributed by atoms with van der Waals surface area (Å²) in [7, 11) is 0. The number of ether oxygens (including phenoxy) is 1. The largest absolute Gasteiger partial charge is 0.381 e. The van der Waals surface area contributed by atoms with Gasteiger partial charge in [-0.05, 0) is 35.3 Å². The molecule has 0 bridgehead atoms. The van der Waals surface area contributed by atoms with Gasteiger partial charge in [0.1, 0.15) is 5.82 Å². The van der Waals surface area contributed by atoms with Gasteiger partial charge in [-0.25, -0.2) is 4.98 Å². The van der Waals surface area contributed by atoms with Crippen LogP contribution in [0.15, 0.2) is 16.7 Å². The lowest BCUT2D eigenvalue weighted by Gasteiger charge is -2.12. The lowest BCUT2D eigenvalue weighted by molar-refractivity contribution is 0.0945. The SMILES string of the molecule is CCNc1ncc(Br)cc1C(=O)NCC1CCOC1. The molecular formula is C13H18BrN3O2. The maximum Gasteiger partial charge on any atom is 0.255 e. The van der Waals surface area contributed by atoms with Crippen molar-refractivity contribution < 1.29 is 9.53 Å². The van der Waals surface area contributed by atoms with E-state index in [1.165, 1.54) is 0 Å². The summed E-state index contributed by atoms with van der Waals surface area (Å²) in [6.45, 7) is 4.88. The zero-order valence-electron chi connectivity index (χ0n) is 10.9. The maximum atomic E-state index is 12.2. The van der Waals surface area contributed by atoms with Gasteiger partial charge < -0.3 is 15.4 Å². The van der Waals surface area contributed by atoms with Gasteiger partial charge in [0.05, 0.1) is 12.2 Å². The summed E-state index contributed by atoms with van der Waals surface area (Å²) in [6.07, 6.45) is 2.69. The Morgan fingerprint density at radius 1 is 1.63 bits per heavy atom. The highest BCUT2D eigenvalue weighted by atomic mass is 79.9. The number of amides is 1. The van der Waals surface area contributed by atoms with E-state index in [-0.39, 0.29) is 5.91 Å². The van der Waals surface area contributed by atoms with Crippen LogP contribution in [0.2, 0.25) is 0 Å². The molecule has 2 N–H and O–H groups in total. The second-order valence-corrected chi connectivity index (χ2v) is 5.44. The smallest absolute Gasteiger partial charge is 0.255 e. The van der Waals surface area contributed by atoms with Crippen molar-refractivity contribution in [3.05, 3.63) is 22.3 Å². The number of pyridine rings is 1. The third kappa shape index (κ3) is 3.91. The highest BCUT2D eigenvalue weighted by Crippen LogP contribution is 2.18. The average Bonchev–Trinajstić information content (AvgIpc) is 2.91. The van der Waals surface area contributed by atoms with Crippen LogP contribution >= 0.6 is 15.9 Å². The third-order valence-corrected chi connectivity index (χ3v) is 3.45. The van der Waals surface area contributed by atoms with Gasteiger partial charge in [-0.1, -0.05) is 0 Å². The number of halogens is 1. The van der Waals surface area contributed by atoms with Gasteiger partial charge >= 0.3 is 0 Å². The van der Waals surface area contributed by atoms with E-state index in [1.807, 2.05) is 6.92 Å². The summed E-state index contributed by atoms with van der Waals surface area (Å²) in [5.74, 6) is 0.939. The molecule has 0 aliphatic carbocycles. The summed E-state index contributed by atoms with van der Waals surface area (Å²) >= 11 is 3.34. The summed E-state index contributed by atoms with van der Waals surface area (Å²) in [5, 5.41) is 6.04. The molecule has 0 spiro atoms. The molecule has 1 aromatic heterocycles. The fraction of sp³-hybridized carbons (Fsp3) is 0.538. The maximum absolute atomic E-state index is 12.2. The monoisotopic (exact) mass is 327 g/mol. The number of carbonyl (C=O) groups is 1. The quantitative estimate of drug-likeness (QED) is 0.868. The molecule has 0 radical (unpaired) electrons. The number of nitrogens with one attached hydrogen (secondary N) is 2. The second kappa shape index (κ2) is 6.86. The Hall–Kier alpha value is -1.14. The van der Waals surface area contributed by atoms with E-state index in [1.54, 1.807) is 12.3 Å². The minimum absolute atomic E-state index is 0.100. The summed E-state index contributed by atoms with van der Waals surface area (Å²) in [4.78, 5) is 16.4. The Morgan fingerprint density at radius 2 is 2.47 bits per heavy atom. The molecular weight excluding hydrogens is 310 g/mol. The van der Waals surface area contributed by atoms with E-state index >= 15 is 0 Å². The van der Waals surface area contributed by atoms with Crippen molar-refractivity contribution in [3.63, 3.8) is 0 Å². The van der Waals surface area contributed by atoms with Gasteiger partial charge in [-0.2, -0.15) is 0 Å². The standard InChI is InChI=1S/C13H18BrN3O2/c1-2-15-12-11(5-10(14)7-16-12)13(18)17-6-9-3-4-19-8-9/h5,7,9H,2-4,6,8H2,1H3,(H,15,16)(H,17,18). The lowest BCUT2D eigenvalue weighted by Crippen LogP contribution is -2.30. The van der Waals surface area contributed by atoms with Gasteiger partial charge in [0, 0.05) is 36.3 Å². The Kier molecular flexibility index (Phi) is 5.15. The first-order valence-corrected chi connectivity index (χ1v) is 7.25. The van der Waals surface area contributed by atoms with E-state index in [4.69, 9.17) is 4.74 Å². The Labute approximate surface area is 121 Å². The minimum atomic E-state index is -0.100. The molecule has 19 heavy (non-hydrogen) atoms. The summed E-state index contributed by atoms with van der Waals surface area (Å²) in [6, 6.07) is 1.78. The highest BCUT2D eigenvalue weighted by Gasteiger charge is 2.18. The fourth-order valence-corrected chi connectivity index (χ4v) is 2.33. The van der Waals surface area contributed by atoms with Crippen molar-refractivity contribution in [2.45, 2.75) is 13.3 Å². The van der Waals surface area contributed by atoms with Crippen molar-refractivity contribution in [3.8, 4) is 0 Å². The molecule has 104 valence electrons. The summed E-state index contributed by atoms with van der Waals surface area (Å²) in [5.41, 5.74) is 0.565. The Balaban J connectivity index is 2.02. The van der Waals surface area contributed by atoms with Crippen LogP contribution in [0, 0.1) is 5.92 Å². The van der Waals surface area contributed by atoms with Crippen LogP contribution in [-0.2, 0) is 4.74 Å². The number of carbonyl (C=O) groups excluding carboxylic acids is 1. The van der Waals surface area contributed by atoms with Crippen LogP contribution < -0.4 is 10.6 Å². The Morgan fingerprint density at radius 3 is 3.16 bits per heavy atom.